The third kappa shape index (κ3) is 3.19. The van der Waals surface area contributed by atoms with Gasteiger partial charge in [-0.25, -0.2) is 0 Å². The zero-order valence-corrected chi connectivity index (χ0v) is 11.2. The van der Waals surface area contributed by atoms with Crippen molar-refractivity contribution >= 4 is 5.78 Å². The molecular formula is C16H17NO2. The van der Waals surface area contributed by atoms with Crippen molar-refractivity contribution in [2.45, 2.75) is 19.8 Å². The average molecular weight is 255 g/mol. The average Bonchev–Trinajstić information content (AvgIpc) is 2.48. The van der Waals surface area contributed by atoms with E-state index in [2.05, 4.69) is 11.9 Å². The van der Waals surface area contributed by atoms with Crippen molar-refractivity contribution in [1.29, 1.82) is 0 Å². The number of benzene rings is 1. The van der Waals surface area contributed by atoms with Gasteiger partial charge in [-0.2, -0.15) is 0 Å². The Balaban J connectivity index is 2.16. The molecule has 0 bridgehead atoms. The standard InChI is InChI=1S/C16H17NO2/c1-3-12-8-9-13(17-11-12)10-15(18)14-6-4-5-7-16(14)19-2/h4-9,11H,3,10H2,1-2H3. The third-order valence-corrected chi connectivity index (χ3v) is 3.04. The number of pyridine rings is 1. The van der Waals surface area contributed by atoms with Crippen molar-refractivity contribution in [3.8, 4) is 5.75 Å². The molecule has 1 aromatic heterocycles. The second-order valence-electron chi connectivity index (χ2n) is 4.31. The number of carbonyl (C=O) groups is 1. The van der Waals surface area contributed by atoms with Gasteiger partial charge in [0.1, 0.15) is 5.75 Å². The lowest BCUT2D eigenvalue weighted by atomic mass is 10.0. The lowest BCUT2D eigenvalue weighted by Gasteiger charge is -2.07. The molecule has 0 saturated carbocycles. The van der Waals surface area contributed by atoms with Gasteiger partial charge in [0.2, 0.25) is 0 Å². The van der Waals surface area contributed by atoms with Crippen LogP contribution in [0.15, 0.2) is 42.6 Å². The number of methoxy groups -OCH3 is 1. The van der Waals surface area contributed by atoms with Crippen molar-refractivity contribution in [3.63, 3.8) is 0 Å². The van der Waals surface area contributed by atoms with Crippen molar-refractivity contribution in [3.05, 3.63) is 59.4 Å². The molecule has 0 atom stereocenters. The fraction of sp³-hybridized carbons (Fsp3) is 0.250. The minimum atomic E-state index is 0.0224. The minimum absolute atomic E-state index is 0.0224. The van der Waals surface area contributed by atoms with Gasteiger partial charge in [-0.3, -0.25) is 9.78 Å². The second-order valence-corrected chi connectivity index (χ2v) is 4.31. The van der Waals surface area contributed by atoms with Gasteiger partial charge in [0, 0.05) is 11.9 Å². The third-order valence-electron chi connectivity index (χ3n) is 3.04. The van der Waals surface area contributed by atoms with E-state index in [-0.39, 0.29) is 5.78 Å². The first-order valence-corrected chi connectivity index (χ1v) is 6.34. The molecule has 2 aromatic rings. The summed E-state index contributed by atoms with van der Waals surface area (Å²) >= 11 is 0. The largest absolute Gasteiger partial charge is 0.496 e. The maximum atomic E-state index is 12.2. The Labute approximate surface area is 113 Å². The van der Waals surface area contributed by atoms with Crippen LogP contribution in [0.25, 0.3) is 0 Å². The molecule has 0 fully saturated rings. The first-order chi connectivity index (χ1) is 9.24. The van der Waals surface area contributed by atoms with Crippen LogP contribution in [0.1, 0.15) is 28.5 Å². The fourth-order valence-electron chi connectivity index (χ4n) is 1.90. The summed E-state index contributed by atoms with van der Waals surface area (Å²) in [5.41, 5.74) is 2.56. The highest BCUT2D eigenvalue weighted by molar-refractivity contribution is 5.99. The molecule has 0 radical (unpaired) electrons. The van der Waals surface area contributed by atoms with E-state index in [1.807, 2.05) is 30.5 Å². The van der Waals surface area contributed by atoms with Gasteiger partial charge in [-0.15, -0.1) is 0 Å². The van der Waals surface area contributed by atoms with E-state index >= 15 is 0 Å². The van der Waals surface area contributed by atoms with Crippen LogP contribution in [0.5, 0.6) is 5.75 Å². The summed E-state index contributed by atoms with van der Waals surface area (Å²) in [5.74, 6) is 0.631. The summed E-state index contributed by atoms with van der Waals surface area (Å²) in [4.78, 5) is 16.5. The van der Waals surface area contributed by atoms with Gasteiger partial charge in [0.25, 0.3) is 0 Å². The zero-order valence-electron chi connectivity index (χ0n) is 11.2. The number of carbonyl (C=O) groups excluding carboxylic acids is 1. The Morgan fingerprint density at radius 1 is 1.21 bits per heavy atom. The number of ether oxygens (including phenoxy) is 1. The lowest BCUT2D eigenvalue weighted by Crippen LogP contribution is -2.07. The number of hydrogen-bond acceptors (Lipinski definition) is 3. The Bertz CT molecular complexity index is 561. The van der Waals surface area contributed by atoms with E-state index in [0.29, 0.717) is 17.7 Å². The number of aryl methyl sites for hydroxylation is 1. The topological polar surface area (TPSA) is 39.2 Å². The normalized spacial score (nSPS) is 10.2. The first-order valence-electron chi connectivity index (χ1n) is 6.34. The van der Waals surface area contributed by atoms with Gasteiger partial charge >= 0.3 is 0 Å². The van der Waals surface area contributed by atoms with Gasteiger partial charge in [0.05, 0.1) is 19.1 Å². The Morgan fingerprint density at radius 2 is 2.00 bits per heavy atom. The number of para-hydroxylation sites is 1. The van der Waals surface area contributed by atoms with E-state index < -0.39 is 0 Å². The number of aromatic nitrogens is 1. The van der Waals surface area contributed by atoms with Crippen LogP contribution in [0.2, 0.25) is 0 Å². The first kappa shape index (κ1) is 13.3. The van der Waals surface area contributed by atoms with Crippen LogP contribution in [0.3, 0.4) is 0 Å². The van der Waals surface area contributed by atoms with E-state index in [1.165, 1.54) is 5.56 Å². The summed E-state index contributed by atoms with van der Waals surface area (Å²) in [6.07, 6.45) is 3.07. The highest BCUT2D eigenvalue weighted by atomic mass is 16.5. The Morgan fingerprint density at radius 3 is 2.63 bits per heavy atom. The van der Waals surface area contributed by atoms with Crippen molar-refractivity contribution in [2.75, 3.05) is 7.11 Å². The number of rotatable bonds is 5. The van der Waals surface area contributed by atoms with Gasteiger partial charge in [-0.05, 0) is 30.2 Å². The summed E-state index contributed by atoms with van der Waals surface area (Å²) in [6.45, 7) is 2.08. The molecule has 0 amide bonds. The predicted molar refractivity (Wildman–Crippen MR) is 74.6 cm³/mol. The molecule has 1 aromatic carbocycles. The van der Waals surface area contributed by atoms with Crippen molar-refractivity contribution in [2.24, 2.45) is 0 Å². The van der Waals surface area contributed by atoms with Gasteiger partial charge in [-0.1, -0.05) is 25.1 Å². The molecule has 3 nitrogen and oxygen atoms in total. The van der Waals surface area contributed by atoms with Crippen molar-refractivity contribution in [1.82, 2.24) is 4.98 Å². The smallest absolute Gasteiger partial charge is 0.172 e. The Kier molecular flexibility index (Phi) is 4.29. The Hall–Kier alpha value is -2.16. The molecule has 3 heteroatoms. The van der Waals surface area contributed by atoms with E-state index in [4.69, 9.17) is 4.74 Å². The molecule has 2 rings (SSSR count). The molecule has 98 valence electrons. The maximum absolute atomic E-state index is 12.2. The SMILES string of the molecule is CCc1ccc(CC(=O)c2ccccc2OC)nc1. The summed E-state index contributed by atoms with van der Waals surface area (Å²) < 4.78 is 5.20. The van der Waals surface area contributed by atoms with Crippen molar-refractivity contribution < 1.29 is 9.53 Å². The highest BCUT2D eigenvalue weighted by Crippen LogP contribution is 2.19. The molecule has 1 heterocycles. The highest BCUT2D eigenvalue weighted by Gasteiger charge is 2.12. The second kappa shape index (κ2) is 6.14. The van der Waals surface area contributed by atoms with Crippen LogP contribution < -0.4 is 4.74 Å². The molecular weight excluding hydrogens is 238 g/mol. The summed E-state index contributed by atoms with van der Waals surface area (Å²) in [7, 11) is 1.57. The van der Waals surface area contributed by atoms with Crippen LogP contribution in [0.4, 0.5) is 0 Å². The van der Waals surface area contributed by atoms with Crippen LogP contribution in [0, 0.1) is 0 Å². The maximum Gasteiger partial charge on any atom is 0.172 e. The molecule has 19 heavy (non-hydrogen) atoms. The number of nitrogens with zero attached hydrogens (tertiary/aromatic N) is 1. The quantitative estimate of drug-likeness (QED) is 0.771. The number of ketones is 1. The lowest BCUT2D eigenvalue weighted by molar-refractivity contribution is 0.0989. The zero-order chi connectivity index (χ0) is 13.7. The molecule has 0 spiro atoms. The molecule has 0 saturated heterocycles. The fourth-order valence-corrected chi connectivity index (χ4v) is 1.90. The van der Waals surface area contributed by atoms with E-state index in [0.717, 1.165) is 12.1 Å². The summed E-state index contributed by atoms with van der Waals surface area (Å²) in [5, 5.41) is 0. The van der Waals surface area contributed by atoms with Crippen LogP contribution >= 0.6 is 0 Å². The molecule has 0 aliphatic heterocycles. The number of Topliss-reactive ketones (excluding diaryl/α,β-unsaturated/α-hetero) is 1. The van der Waals surface area contributed by atoms with Crippen LogP contribution in [-0.2, 0) is 12.8 Å². The monoisotopic (exact) mass is 255 g/mol. The molecule has 0 aliphatic rings. The molecule has 0 aliphatic carbocycles. The molecule has 0 N–H and O–H groups in total. The van der Waals surface area contributed by atoms with E-state index in [1.54, 1.807) is 19.2 Å². The van der Waals surface area contributed by atoms with Crippen LogP contribution in [-0.4, -0.2) is 17.9 Å². The van der Waals surface area contributed by atoms with Gasteiger partial charge < -0.3 is 4.74 Å². The van der Waals surface area contributed by atoms with Gasteiger partial charge in [0.15, 0.2) is 5.78 Å². The predicted octanol–water partition coefficient (Wildman–Crippen LogP) is 3.08. The number of hydrogen-bond donors (Lipinski definition) is 0. The molecule has 0 unspecified atom stereocenters. The minimum Gasteiger partial charge on any atom is -0.496 e. The van der Waals surface area contributed by atoms with E-state index in [9.17, 15) is 4.79 Å². The summed E-state index contributed by atoms with van der Waals surface area (Å²) in [6, 6.07) is 11.2.